The Morgan fingerprint density at radius 2 is 1.85 bits per heavy atom. The van der Waals surface area contributed by atoms with Crippen LogP contribution in [0.15, 0.2) is 18.2 Å². The molecule has 1 aromatic carbocycles. The van der Waals surface area contributed by atoms with Crippen molar-refractivity contribution >= 4 is 16.0 Å². The number of piperidine rings is 1. The number of nitrogens with zero attached hydrogens (tertiary/aromatic N) is 1. The average molecular weight is 297 g/mol. The molecule has 0 spiro atoms. The lowest BCUT2D eigenvalue weighted by atomic mass is 10.1. The lowest BCUT2D eigenvalue weighted by Gasteiger charge is -2.27. The van der Waals surface area contributed by atoms with E-state index in [0.29, 0.717) is 18.7 Å². The minimum atomic E-state index is -3.65. The summed E-state index contributed by atoms with van der Waals surface area (Å²) < 4.78 is 27.5. The van der Waals surface area contributed by atoms with E-state index in [2.05, 4.69) is 0 Å². The average Bonchev–Trinajstić information content (AvgIpc) is 2.39. The molecule has 1 heterocycles. The van der Waals surface area contributed by atoms with Gasteiger partial charge in [0.1, 0.15) is 0 Å². The fraction of sp³-hybridized carbons (Fsp3) is 0.500. The molecule has 1 aliphatic heterocycles. The molecule has 1 aliphatic rings. The highest BCUT2D eigenvalue weighted by Crippen LogP contribution is 2.24. The fourth-order valence-corrected chi connectivity index (χ4v) is 2.79. The van der Waals surface area contributed by atoms with E-state index >= 15 is 0 Å². The Morgan fingerprint density at radius 1 is 1.20 bits per heavy atom. The summed E-state index contributed by atoms with van der Waals surface area (Å²) in [7, 11) is -3.65. The number of benzene rings is 1. The Balaban J connectivity index is 2.33. The minimum Gasteiger partial charge on any atom is -0.382 e. The molecule has 0 saturated carbocycles. The number of carbonyl (C=O) groups excluding carboxylic acids is 1. The van der Waals surface area contributed by atoms with E-state index < -0.39 is 10.1 Å². The second-order valence-electron chi connectivity index (χ2n) is 5.14. The first-order chi connectivity index (χ1) is 9.37. The molecule has 0 atom stereocenters. The first-order valence-electron chi connectivity index (χ1n) is 6.66. The van der Waals surface area contributed by atoms with Gasteiger partial charge in [-0.1, -0.05) is 11.6 Å². The maximum atomic E-state index is 12.5. The number of hydrogen-bond acceptors (Lipinski definition) is 4. The van der Waals surface area contributed by atoms with Gasteiger partial charge in [-0.2, -0.15) is 8.42 Å². The van der Waals surface area contributed by atoms with Crippen LogP contribution in [0.3, 0.4) is 0 Å². The van der Waals surface area contributed by atoms with Crippen LogP contribution < -0.4 is 4.18 Å². The van der Waals surface area contributed by atoms with Gasteiger partial charge in [-0.3, -0.25) is 4.79 Å². The summed E-state index contributed by atoms with van der Waals surface area (Å²) in [5.74, 6) is -0.0549. The number of carbonyl (C=O) groups is 1. The third kappa shape index (κ3) is 3.72. The summed E-state index contributed by atoms with van der Waals surface area (Å²) in [5.41, 5.74) is 1.21. The van der Waals surface area contributed by atoms with Crippen molar-refractivity contribution in [2.75, 3.05) is 19.3 Å². The zero-order valence-corrected chi connectivity index (χ0v) is 12.6. The zero-order chi connectivity index (χ0) is 14.8. The molecule has 1 aromatic rings. The quantitative estimate of drug-likeness (QED) is 0.800. The van der Waals surface area contributed by atoms with Crippen LogP contribution in [-0.2, 0) is 10.1 Å². The molecule has 2 rings (SSSR count). The van der Waals surface area contributed by atoms with Gasteiger partial charge in [0.15, 0.2) is 5.75 Å². The Labute approximate surface area is 119 Å². The van der Waals surface area contributed by atoms with Crippen molar-refractivity contribution in [2.24, 2.45) is 0 Å². The van der Waals surface area contributed by atoms with E-state index in [-0.39, 0.29) is 11.7 Å². The molecule has 20 heavy (non-hydrogen) atoms. The molecule has 110 valence electrons. The van der Waals surface area contributed by atoms with Crippen LogP contribution in [-0.4, -0.2) is 38.6 Å². The summed E-state index contributed by atoms with van der Waals surface area (Å²) in [6, 6.07) is 4.94. The molecule has 5 nitrogen and oxygen atoms in total. The van der Waals surface area contributed by atoms with Gasteiger partial charge in [0, 0.05) is 13.1 Å². The van der Waals surface area contributed by atoms with E-state index in [9.17, 15) is 13.2 Å². The smallest absolute Gasteiger partial charge is 0.306 e. The van der Waals surface area contributed by atoms with Crippen LogP contribution in [0.2, 0.25) is 0 Å². The first kappa shape index (κ1) is 14.8. The van der Waals surface area contributed by atoms with Crippen LogP contribution in [0.1, 0.15) is 35.2 Å². The summed E-state index contributed by atoms with van der Waals surface area (Å²) in [5, 5.41) is 0. The number of amides is 1. The van der Waals surface area contributed by atoms with Gasteiger partial charge in [-0.25, -0.2) is 0 Å². The molecule has 0 bridgehead atoms. The van der Waals surface area contributed by atoms with Gasteiger partial charge < -0.3 is 9.08 Å². The monoisotopic (exact) mass is 297 g/mol. The summed E-state index contributed by atoms with van der Waals surface area (Å²) >= 11 is 0. The first-order valence-corrected chi connectivity index (χ1v) is 8.48. The Bertz CT molecular complexity index is 604. The molecule has 1 fully saturated rings. The normalized spacial score (nSPS) is 16.0. The van der Waals surface area contributed by atoms with Crippen molar-refractivity contribution in [1.29, 1.82) is 0 Å². The second kappa shape index (κ2) is 5.83. The molecule has 1 saturated heterocycles. The number of likely N-dealkylation sites (tertiary alicyclic amines) is 1. The fourth-order valence-electron chi connectivity index (χ4n) is 2.31. The largest absolute Gasteiger partial charge is 0.382 e. The molecule has 0 unspecified atom stereocenters. The van der Waals surface area contributed by atoms with Crippen molar-refractivity contribution in [3.05, 3.63) is 29.3 Å². The molecule has 1 amide bonds. The number of rotatable bonds is 3. The van der Waals surface area contributed by atoms with Gasteiger partial charge in [0.05, 0.1) is 11.8 Å². The van der Waals surface area contributed by atoms with Gasteiger partial charge in [-0.15, -0.1) is 0 Å². The van der Waals surface area contributed by atoms with Crippen molar-refractivity contribution in [3.8, 4) is 5.75 Å². The Kier molecular flexibility index (Phi) is 4.32. The predicted molar refractivity (Wildman–Crippen MR) is 76.4 cm³/mol. The van der Waals surface area contributed by atoms with Crippen molar-refractivity contribution in [2.45, 2.75) is 26.2 Å². The van der Waals surface area contributed by atoms with E-state index in [1.165, 1.54) is 6.07 Å². The lowest BCUT2D eigenvalue weighted by molar-refractivity contribution is 0.0722. The summed E-state index contributed by atoms with van der Waals surface area (Å²) in [4.78, 5) is 14.3. The van der Waals surface area contributed by atoms with Crippen LogP contribution in [0.5, 0.6) is 5.75 Å². The van der Waals surface area contributed by atoms with E-state index in [0.717, 1.165) is 31.1 Å². The molecule has 0 N–H and O–H groups in total. The predicted octanol–water partition coefficient (Wildman–Crippen LogP) is 1.96. The van der Waals surface area contributed by atoms with E-state index in [1.807, 2.05) is 6.92 Å². The topological polar surface area (TPSA) is 63.7 Å². The Hall–Kier alpha value is -1.56. The van der Waals surface area contributed by atoms with Crippen molar-refractivity contribution in [1.82, 2.24) is 4.90 Å². The molecule has 0 radical (unpaired) electrons. The van der Waals surface area contributed by atoms with E-state index in [1.54, 1.807) is 17.0 Å². The maximum absolute atomic E-state index is 12.5. The summed E-state index contributed by atoms with van der Waals surface area (Å²) in [6.07, 6.45) is 4.08. The second-order valence-corrected chi connectivity index (χ2v) is 6.71. The molecular formula is C14H19NO4S. The standard InChI is InChI=1S/C14H19NO4S/c1-11-6-7-13(19-20(2,17)18)12(10-11)14(16)15-8-4-3-5-9-15/h6-7,10H,3-5,8-9H2,1-2H3. The van der Waals surface area contributed by atoms with E-state index in [4.69, 9.17) is 4.18 Å². The third-order valence-electron chi connectivity index (χ3n) is 3.25. The number of hydrogen-bond donors (Lipinski definition) is 0. The highest BCUT2D eigenvalue weighted by molar-refractivity contribution is 7.86. The van der Waals surface area contributed by atoms with Crippen molar-refractivity contribution < 1.29 is 17.4 Å². The van der Waals surface area contributed by atoms with Gasteiger partial charge >= 0.3 is 10.1 Å². The van der Waals surface area contributed by atoms with Gasteiger partial charge in [0.2, 0.25) is 0 Å². The number of aryl methyl sites for hydroxylation is 1. The molecular weight excluding hydrogens is 278 g/mol. The van der Waals surface area contributed by atoms with Gasteiger partial charge in [0.25, 0.3) is 5.91 Å². The highest BCUT2D eigenvalue weighted by atomic mass is 32.2. The SMILES string of the molecule is Cc1ccc(OS(C)(=O)=O)c(C(=O)N2CCCCC2)c1. The highest BCUT2D eigenvalue weighted by Gasteiger charge is 2.23. The van der Waals surface area contributed by atoms with Crippen LogP contribution in [0.4, 0.5) is 0 Å². The van der Waals surface area contributed by atoms with Gasteiger partial charge in [-0.05, 0) is 38.3 Å². The lowest BCUT2D eigenvalue weighted by Crippen LogP contribution is -2.36. The van der Waals surface area contributed by atoms with Crippen LogP contribution in [0.25, 0.3) is 0 Å². The third-order valence-corrected chi connectivity index (χ3v) is 3.73. The Morgan fingerprint density at radius 3 is 2.45 bits per heavy atom. The van der Waals surface area contributed by atoms with Crippen LogP contribution in [0, 0.1) is 6.92 Å². The molecule has 0 aromatic heterocycles. The summed E-state index contributed by atoms with van der Waals surface area (Å²) in [6.45, 7) is 3.29. The maximum Gasteiger partial charge on any atom is 0.306 e. The van der Waals surface area contributed by atoms with Crippen molar-refractivity contribution in [3.63, 3.8) is 0 Å². The minimum absolute atomic E-state index is 0.105. The zero-order valence-electron chi connectivity index (χ0n) is 11.8. The van der Waals surface area contributed by atoms with Crippen LogP contribution >= 0.6 is 0 Å². The molecule has 0 aliphatic carbocycles. The molecule has 6 heteroatoms.